The highest BCUT2D eigenvalue weighted by molar-refractivity contribution is 7.91. The van der Waals surface area contributed by atoms with Gasteiger partial charge in [-0.15, -0.1) is 23.7 Å². The maximum absolute atomic E-state index is 13.6. The van der Waals surface area contributed by atoms with Crippen molar-refractivity contribution in [1.29, 1.82) is 0 Å². The molecule has 0 aliphatic carbocycles. The van der Waals surface area contributed by atoms with E-state index in [2.05, 4.69) is 4.90 Å². The van der Waals surface area contributed by atoms with Crippen LogP contribution in [0.5, 0.6) is 0 Å². The predicted molar refractivity (Wildman–Crippen MR) is 132 cm³/mol. The second kappa shape index (κ2) is 9.95. The minimum absolute atomic E-state index is 0. The molecular weight excluding hydrogens is 483 g/mol. The molecule has 0 bridgehead atoms. The van der Waals surface area contributed by atoms with E-state index >= 15 is 0 Å². The molecule has 0 spiro atoms. The summed E-state index contributed by atoms with van der Waals surface area (Å²) in [6.07, 6.45) is 0.772. The summed E-state index contributed by atoms with van der Waals surface area (Å²) in [5, 5.41) is 2.76. The highest BCUT2D eigenvalue weighted by Gasteiger charge is 2.27. The molecule has 2 aromatic heterocycles. The molecule has 0 N–H and O–H groups in total. The van der Waals surface area contributed by atoms with Gasteiger partial charge in [0.2, 0.25) is 0 Å². The van der Waals surface area contributed by atoms with E-state index in [0.29, 0.717) is 30.4 Å². The number of fused-ring (bicyclic) bond motifs is 1. The topological polar surface area (TPSA) is 53.8 Å². The third-order valence-electron chi connectivity index (χ3n) is 5.74. The summed E-state index contributed by atoms with van der Waals surface area (Å²) < 4.78 is 47.3. The fourth-order valence-electron chi connectivity index (χ4n) is 4.13. The molecule has 174 valence electrons. The Balaban J connectivity index is 0.00000259. The van der Waals surface area contributed by atoms with E-state index in [4.69, 9.17) is 4.42 Å². The van der Waals surface area contributed by atoms with Gasteiger partial charge in [-0.3, -0.25) is 4.90 Å². The van der Waals surface area contributed by atoms with Gasteiger partial charge in [0.25, 0.3) is 10.0 Å². The van der Waals surface area contributed by atoms with Crippen molar-refractivity contribution in [1.82, 2.24) is 9.21 Å². The summed E-state index contributed by atoms with van der Waals surface area (Å²) in [5.74, 6) is 0.581. The summed E-state index contributed by atoms with van der Waals surface area (Å²) in [5.41, 5.74) is 2.56. The lowest BCUT2D eigenvalue weighted by atomic mass is 10.0. The lowest BCUT2D eigenvalue weighted by Gasteiger charge is -2.20. The normalized spacial score (nSPS) is 15.9. The van der Waals surface area contributed by atoms with Crippen molar-refractivity contribution in [2.75, 3.05) is 26.2 Å². The second-order valence-electron chi connectivity index (χ2n) is 7.94. The molecule has 3 heterocycles. The first-order valence-electron chi connectivity index (χ1n) is 10.5. The standard InChI is InChI=1S/C24H23FN2O3S2.ClH/c25-21-5-1-4-18(15-21)19-7-8-23-20(14-19)16-22(30-23)17-26-9-3-10-27(12-11-26)32(28,29)24-6-2-13-31-24;/h1-2,4-8,13-16H,3,9-12,17H2;1H. The molecule has 0 atom stereocenters. The minimum atomic E-state index is -3.42. The number of furan rings is 1. The Morgan fingerprint density at radius 3 is 2.58 bits per heavy atom. The summed E-state index contributed by atoms with van der Waals surface area (Å²) in [6.45, 7) is 3.06. The van der Waals surface area contributed by atoms with Crippen LogP contribution in [0, 0.1) is 5.82 Å². The van der Waals surface area contributed by atoms with Gasteiger partial charge in [-0.25, -0.2) is 12.8 Å². The zero-order valence-electron chi connectivity index (χ0n) is 17.8. The molecule has 0 radical (unpaired) electrons. The van der Waals surface area contributed by atoms with Crippen LogP contribution in [0.2, 0.25) is 0 Å². The monoisotopic (exact) mass is 506 g/mol. The maximum atomic E-state index is 13.6. The molecule has 1 saturated heterocycles. The average molecular weight is 507 g/mol. The van der Waals surface area contributed by atoms with Crippen molar-refractivity contribution >= 4 is 44.7 Å². The molecule has 9 heteroatoms. The number of halogens is 2. The van der Waals surface area contributed by atoms with Crippen LogP contribution >= 0.6 is 23.7 Å². The highest BCUT2D eigenvalue weighted by Crippen LogP contribution is 2.28. The molecule has 5 nitrogen and oxygen atoms in total. The van der Waals surface area contributed by atoms with E-state index in [1.807, 2.05) is 30.3 Å². The van der Waals surface area contributed by atoms with E-state index in [1.54, 1.807) is 27.9 Å². The highest BCUT2D eigenvalue weighted by atomic mass is 35.5. The van der Waals surface area contributed by atoms with Gasteiger partial charge in [-0.2, -0.15) is 4.31 Å². The van der Waals surface area contributed by atoms with E-state index in [9.17, 15) is 12.8 Å². The number of rotatable bonds is 5. The Morgan fingerprint density at radius 2 is 1.79 bits per heavy atom. The van der Waals surface area contributed by atoms with Gasteiger partial charge < -0.3 is 4.42 Å². The van der Waals surface area contributed by atoms with Crippen molar-refractivity contribution in [3.05, 3.63) is 77.6 Å². The first-order chi connectivity index (χ1) is 15.5. The molecule has 1 aliphatic heterocycles. The molecular formula is C24H24ClFN2O3S2. The van der Waals surface area contributed by atoms with Gasteiger partial charge in [0.1, 0.15) is 21.4 Å². The Bertz CT molecular complexity index is 1340. The zero-order valence-corrected chi connectivity index (χ0v) is 20.3. The maximum Gasteiger partial charge on any atom is 0.252 e. The summed E-state index contributed by atoms with van der Waals surface area (Å²) in [7, 11) is -3.42. The number of hydrogen-bond acceptors (Lipinski definition) is 5. The van der Waals surface area contributed by atoms with Crippen LogP contribution in [0.3, 0.4) is 0 Å². The molecule has 0 amide bonds. The lowest BCUT2D eigenvalue weighted by molar-refractivity contribution is 0.258. The first kappa shape index (κ1) is 23.9. The average Bonchev–Trinajstić information content (AvgIpc) is 3.39. The number of nitrogens with zero attached hydrogens (tertiary/aromatic N) is 2. The molecule has 1 aliphatic rings. The van der Waals surface area contributed by atoms with Crippen molar-refractivity contribution in [3.8, 4) is 11.1 Å². The van der Waals surface area contributed by atoms with Crippen molar-refractivity contribution < 1.29 is 17.2 Å². The van der Waals surface area contributed by atoms with Gasteiger partial charge in [0.15, 0.2) is 0 Å². The van der Waals surface area contributed by atoms with Crippen LogP contribution in [-0.4, -0.2) is 43.8 Å². The minimum Gasteiger partial charge on any atom is -0.460 e. The van der Waals surface area contributed by atoms with Crippen LogP contribution in [0.25, 0.3) is 22.1 Å². The zero-order chi connectivity index (χ0) is 22.1. The summed E-state index contributed by atoms with van der Waals surface area (Å²) in [6, 6.07) is 17.9. The quantitative estimate of drug-likeness (QED) is 0.352. The van der Waals surface area contributed by atoms with E-state index in [-0.39, 0.29) is 18.2 Å². The van der Waals surface area contributed by atoms with Crippen LogP contribution in [0.15, 0.2) is 74.7 Å². The Hall–Kier alpha value is -2.23. The van der Waals surface area contributed by atoms with Crippen LogP contribution in [-0.2, 0) is 16.6 Å². The van der Waals surface area contributed by atoms with Gasteiger partial charge in [-0.1, -0.05) is 24.3 Å². The molecule has 5 rings (SSSR count). The van der Waals surface area contributed by atoms with Crippen molar-refractivity contribution in [2.45, 2.75) is 17.2 Å². The molecule has 33 heavy (non-hydrogen) atoms. The van der Waals surface area contributed by atoms with Crippen molar-refractivity contribution in [2.24, 2.45) is 0 Å². The van der Waals surface area contributed by atoms with Crippen LogP contribution in [0.1, 0.15) is 12.2 Å². The Morgan fingerprint density at radius 1 is 0.939 bits per heavy atom. The van der Waals surface area contributed by atoms with Crippen LogP contribution in [0.4, 0.5) is 4.39 Å². The second-order valence-corrected chi connectivity index (χ2v) is 11.1. The van der Waals surface area contributed by atoms with Gasteiger partial charge in [0, 0.05) is 25.0 Å². The summed E-state index contributed by atoms with van der Waals surface area (Å²) in [4.78, 5) is 2.23. The van der Waals surface area contributed by atoms with Crippen molar-refractivity contribution in [3.63, 3.8) is 0 Å². The predicted octanol–water partition coefficient (Wildman–Crippen LogP) is 5.62. The van der Waals surface area contributed by atoms with E-state index in [1.165, 1.54) is 23.5 Å². The summed E-state index contributed by atoms with van der Waals surface area (Å²) >= 11 is 1.26. The van der Waals surface area contributed by atoms with E-state index < -0.39 is 10.0 Å². The molecule has 2 aromatic carbocycles. The third kappa shape index (κ3) is 5.15. The number of hydrogen-bond donors (Lipinski definition) is 0. The molecule has 4 aromatic rings. The number of benzene rings is 2. The number of thiophene rings is 1. The molecule has 1 fully saturated rings. The van der Waals surface area contributed by atoms with Gasteiger partial charge in [-0.05, 0) is 65.9 Å². The SMILES string of the molecule is Cl.O=S(=O)(c1cccs1)N1CCCN(Cc2cc3cc(-c4cccc(F)c4)ccc3o2)CC1. The smallest absolute Gasteiger partial charge is 0.252 e. The van der Waals surface area contributed by atoms with E-state index in [0.717, 1.165) is 40.8 Å². The Kier molecular flexibility index (Phi) is 7.21. The first-order valence-corrected chi connectivity index (χ1v) is 12.9. The molecule has 0 unspecified atom stereocenters. The fraction of sp³-hybridized carbons (Fsp3) is 0.250. The van der Waals surface area contributed by atoms with Gasteiger partial charge >= 0.3 is 0 Å². The largest absolute Gasteiger partial charge is 0.460 e. The third-order valence-corrected chi connectivity index (χ3v) is 9.01. The lowest BCUT2D eigenvalue weighted by Crippen LogP contribution is -2.34. The fourth-order valence-corrected chi connectivity index (χ4v) is 6.74. The number of sulfonamides is 1. The van der Waals surface area contributed by atoms with Crippen LogP contribution < -0.4 is 0 Å². The van der Waals surface area contributed by atoms with Gasteiger partial charge in [0.05, 0.1) is 6.54 Å². The Labute approximate surface area is 202 Å². The molecule has 0 saturated carbocycles.